The molecule has 1 heterocycles. The molecule has 1 rings (SSSR count). The van der Waals surface area contributed by atoms with Crippen molar-refractivity contribution in [2.75, 3.05) is 5.75 Å². The van der Waals surface area contributed by atoms with Crippen LogP contribution in [0.5, 0.6) is 0 Å². The van der Waals surface area contributed by atoms with E-state index >= 15 is 0 Å². The fourth-order valence-corrected chi connectivity index (χ4v) is 1.39. The summed E-state index contributed by atoms with van der Waals surface area (Å²) in [5, 5.41) is 0. The number of rotatable bonds is 3. The second-order valence-electron chi connectivity index (χ2n) is 3.19. The summed E-state index contributed by atoms with van der Waals surface area (Å²) >= 11 is 4.19. The molecule has 1 aromatic heterocycles. The maximum absolute atomic E-state index is 5.41. The second-order valence-corrected chi connectivity index (χ2v) is 3.56. The molecule has 2 heteroatoms. The van der Waals surface area contributed by atoms with Gasteiger partial charge in [-0.25, -0.2) is 0 Å². The molecule has 1 aromatic rings. The summed E-state index contributed by atoms with van der Waals surface area (Å²) < 4.78 is 5.41. The van der Waals surface area contributed by atoms with Gasteiger partial charge in [-0.05, 0) is 50.5 Å². The first kappa shape index (κ1) is 9.72. The molecule has 0 saturated heterocycles. The summed E-state index contributed by atoms with van der Waals surface area (Å²) in [6, 6.07) is 2.08. The first-order chi connectivity index (χ1) is 5.63. The van der Waals surface area contributed by atoms with E-state index in [0.29, 0.717) is 5.92 Å². The Bertz CT molecular complexity index is 252. The molecule has 0 bridgehead atoms. The largest absolute Gasteiger partial charge is 0.466 e. The Hall–Kier alpha value is -0.370. The molecule has 0 aliphatic heterocycles. The van der Waals surface area contributed by atoms with Gasteiger partial charge in [0.2, 0.25) is 0 Å². The van der Waals surface area contributed by atoms with Crippen LogP contribution in [0.2, 0.25) is 0 Å². The molecular weight excluding hydrogens is 168 g/mol. The van der Waals surface area contributed by atoms with Crippen molar-refractivity contribution in [2.45, 2.75) is 20.3 Å². The molecule has 0 amide bonds. The van der Waals surface area contributed by atoms with E-state index in [9.17, 15) is 0 Å². The lowest BCUT2D eigenvalue weighted by Gasteiger charge is -2.05. The van der Waals surface area contributed by atoms with Crippen molar-refractivity contribution in [3.8, 4) is 0 Å². The lowest BCUT2D eigenvalue weighted by atomic mass is 10.0. The zero-order valence-corrected chi connectivity index (χ0v) is 8.53. The third-order valence-corrected chi connectivity index (χ3v) is 2.43. The fraction of sp³-hybridized carbons (Fsp3) is 0.500. The Kier molecular flexibility index (Phi) is 3.27. The van der Waals surface area contributed by atoms with Crippen molar-refractivity contribution >= 4 is 12.6 Å². The molecular formula is C10H15OS. The first-order valence-electron chi connectivity index (χ1n) is 4.13. The summed E-state index contributed by atoms with van der Waals surface area (Å²) in [7, 11) is 0. The highest BCUT2D eigenvalue weighted by Gasteiger charge is 2.07. The maximum atomic E-state index is 5.41. The second kappa shape index (κ2) is 4.04. The van der Waals surface area contributed by atoms with Gasteiger partial charge >= 0.3 is 0 Å². The third-order valence-electron chi connectivity index (χ3n) is 1.91. The Morgan fingerprint density at radius 1 is 1.58 bits per heavy atom. The Morgan fingerprint density at radius 3 is 2.67 bits per heavy atom. The quantitative estimate of drug-likeness (QED) is 0.711. The molecule has 1 nitrogen and oxygen atoms in total. The van der Waals surface area contributed by atoms with Gasteiger partial charge in [0, 0.05) is 0 Å². The standard InChI is InChI=1S/C10H15OS/c1-7(6-12)4-10-5-8(2)11-9(10)3/h5,7,12H,1,4,6H2,2-3H3. The zero-order valence-electron chi connectivity index (χ0n) is 7.63. The third kappa shape index (κ3) is 2.31. The zero-order chi connectivity index (χ0) is 9.14. The van der Waals surface area contributed by atoms with Crippen LogP contribution in [-0.4, -0.2) is 5.75 Å². The van der Waals surface area contributed by atoms with Gasteiger partial charge in [-0.3, -0.25) is 0 Å². The van der Waals surface area contributed by atoms with Crippen LogP contribution in [-0.2, 0) is 6.42 Å². The van der Waals surface area contributed by atoms with Gasteiger partial charge in [0.15, 0.2) is 0 Å². The number of aryl methyl sites for hydroxylation is 2. The number of hydrogen-bond acceptors (Lipinski definition) is 2. The van der Waals surface area contributed by atoms with E-state index in [2.05, 4.69) is 25.6 Å². The summed E-state index contributed by atoms with van der Waals surface area (Å²) in [4.78, 5) is 0. The van der Waals surface area contributed by atoms with Gasteiger partial charge < -0.3 is 4.42 Å². The van der Waals surface area contributed by atoms with E-state index in [1.54, 1.807) is 0 Å². The van der Waals surface area contributed by atoms with E-state index in [1.165, 1.54) is 5.56 Å². The molecule has 0 aliphatic rings. The topological polar surface area (TPSA) is 13.1 Å². The van der Waals surface area contributed by atoms with Crippen LogP contribution in [0.3, 0.4) is 0 Å². The molecule has 1 unspecified atom stereocenters. The summed E-state index contributed by atoms with van der Waals surface area (Å²) in [6.45, 7) is 7.95. The minimum atomic E-state index is 0.379. The van der Waals surface area contributed by atoms with Gasteiger partial charge in [-0.15, -0.1) is 0 Å². The maximum Gasteiger partial charge on any atom is 0.104 e. The van der Waals surface area contributed by atoms with E-state index in [4.69, 9.17) is 4.42 Å². The summed E-state index contributed by atoms with van der Waals surface area (Å²) in [5.41, 5.74) is 1.27. The normalized spacial score (nSPS) is 13.3. The Morgan fingerprint density at radius 2 is 2.25 bits per heavy atom. The molecule has 0 aromatic carbocycles. The van der Waals surface area contributed by atoms with Crippen LogP contribution in [0.1, 0.15) is 17.1 Å². The Balaban J connectivity index is 2.68. The highest BCUT2D eigenvalue weighted by molar-refractivity contribution is 7.80. The average Bonchev–Trinajstić information content (AvgIpc) is 2.30. The monoisotopic (exact) mass is 183 g/mol. The highest BCUT2D eigenvalue weighted by atomic mass is 32.1. The molecule has 1 radical (unpaired) electrons. The van der Waals surface area contributed by atoms with Gasteiger partial charge in [-0.2, -0.15) is 12.6 Å². The minimum Gasteiger partial charge on any atom is -0.466 e. The fourth-order valence-electron chi connectivity index (χ4n) is 1.26. The van der Waals surface area contributed by atoms with Crippen LogP contribution in [0.25, 0.3) is 0 Å². The highest BCUT2D eigenvalue weighted by Crippen LogP contribution is 2.17. The Labute approximate surface area is 79.6 Å². The molecule has 12 heavy (non-hydrogen) atoms. The van der Waals surface area contributed by atoms with Crippen molar-refractivity contribution in [1.82, 2.24) is 0 Å². The molecule has 67 valence electrons. The van der Waals surface area contributed by atoms with Crippen LogP contribution in [0.4, 0.5) is 0 Å². The van der Waals surface area contributed by atoms with Crippen molar-refractivity contribution < 1.29 is 4.42 Å². The molecule has 0 aliphatic carbocycles. The smallest absolute Gasteiger partial charge is 0.104 e. The molecule has 0 saturated carbocycles. The van der Waals surface area contributed by atoms with Crippen LogP contribution in [0, 0.1) is 26.7 Å². The van der Waals surface area contributed by atoms with Crippen molar-refractivity contribution in [2.24, 2.45) is 5.92 Å². The van der Waals surface area contributed by atoms with Crippen LogP contribution >= 0.6 is 12.6 Å². The van der Waals surface area contributed by atoms with E-state index in [1.807, 2.05) is 13.8 Å². The summed E-state index contributed by atoms with van der Waals surface area (Å²) in [6.07, 6.45) is 0.965. The SMILES string of the molecule is [CH2]C(CS)Cc1cc(C)oc1C. The van der Waals surface area contributed by atoms with Crippen LogP contribution < -0.4 is 0 Å². The van der Waals surface area contributed by atoms with Crippen molar-refractivity contribution in [3.05, 3.63) is 30.1 Å². The van der Waals surface area contributed by atoms with Gasteiger partial charge in [0.25, 0.3) is 0 Å². The molecule has 0 spiro atoms. The number of furan rings is 1. The average molecular weight is 183 g/mol. The predicted octanol–water partition coefficient (Wildman–Crippen LogP) is 2.82. The van der Waals surface area contributed by atoms with Crippen LogP contribution in [0.15, 0.2) is 10.5 Å². The van der Waals surface area contributed by atoms with Gasteiger partial charge in [0.1, 0.15) is 11.5 Å². The summed E-state index contributed by atoms with van der Waals surface area (Å²) in [5.74, 6) is 3.20. The van der Waals surface area contributed by atoms with Gasteiger partial charge in [-0.1, -0.05) is 0 Å². The number of hydrogen-bond donors (Lipinski definition) is 1. The first-order valence-corrected chi connectivity index (χ1v) is 4.76. The lowest BCUT2D eigenvalue weighted by Crippen LogP contribution is -2.01. The lowest BCUT2D eigenvalue weighted by molar-refractivity contribution is 0.499. The number of thiol groups is 1. The molecule has 0 fully saturated rings. The van der Waals surface area contributed by atoms with E-state index < -0.39 is 0 Å². The van der Waals surface area contributed by atoms with E-state index in [0.717, 1.165) is 23.7 Å². The van der Waals surface area contributed by atoms with Gasteiger partial charge in [0.05, 0.1) is 0 Å². The molecule has 1 atom stereocenters. The molecule has 0 N–H and O–H groups in total. The van der Waals surface area contributed by atoms with Crippen molar-refractivity contribution in [3.63, 3.8) is 0 Å². The van der Waals surface area contributed by atoms with E-state index in [-0.39, 0.29) is 0 Å². The minimum absolute atomic E-state index is 0.379. The predicted molar refractivity (Wildman–Crippen MR) is 54.6 cm³/mol. The van der Waals surface area contributed by atoms with Crippen molar-refractivity contribution in [1.29, 1.82) is 0 Å².